The highest BCUT2D eigenvalue weighted by molar-refractivity contribution is 7.98. The maximum absolute atomic E-state index is 12.9. The number of hydrogen-bond donors (Lipinski definition) is 0. The Morgan fingerprint density at radius 2 is 2.00 bits per heavy atom. The Bertz CT molecular complexity index is 275. The average Bonchev–Trinajstić information content (AvgIpc) is 1.99. The second kappa shape index (κ2) is 3.65. The zero-order valence-corrected chi connectivity index (χ0v) is 8.03. The zero-order chi connectivity index (χ0) is 8.43. The van der Waals surface area contributed by atoms with E-state index in [1.807, 2.05) is 0 Å². The predicted molar refractivity (Wildman–Crippen MR) is 48.2 cm³/mol. The van der Waals surface area contributed by atoms with Crippen LogP contribution in [0.1, 0.15) is 0 Å². The van der Waals surface area contributed by atoms with Crippen molar-refractivity contribution in [1.82, 2.24) is 0 Å². The smallest absolute Gasteiger partial charge is 0.138 e. The Labute approximate surface area is 78.7 Å². The van der Waals surface area contributed by atoms with Crippen LogP contribution in [-0.2, 0) is 0 Å². The van der Waals surface area contributed by atoms with Crippen LogP contribution in [0.3, 0.4) is 0 Å². The maximum Gasteiger partial charge on any atom is 0.138 e. The third kappa shape index (κ3) is 1.81. The second-order valence-corrected chi connectivity index (χ2v) is 3.48. The third-order valence-electron chi connectivity index (χ3n) is 1.21. The first-order chi connectivity index (χ1) is 5.16. The van der Waals surface area contributed by atoms with Gasteiger partial charge in [0, 0.05) is 0 Å². The first-order valence-corrected chi connectivity index (χ1v) is 4.82. The van der Waals surface area contributed by atoms with Crippen molar-refractivity contribution in [3.63, 3.8) is 0 Å². The summed E-state index contributed by atoms with van der Waals surface area (Å²) in [5.41, 5.74) is 0. The van der Waals surface area contributed by atoms with E-state index in [1.54, 1.807) is 6.26 Å². The normalized spacial score (nSPS) is 10.2. The molecular formula is C7H5Cl2FS. The molecule has 0 unspecified atom stereocenters. The summed E-state index contributed by atoms with van der Waals surface area (Å²) in [5.74, 6) is -0.327. The fourth-order valence-electron chi connectivity index (χ4n) is 0.696. The van der Waals surface area contributed by atoms with Gasteiger partial charge in [0.25, 0.3) is 0 Å². The van der Waals surface area contributed by atoms with E-state index in [1.165, 1.54) is 23.9 Å². The van der Waals surface area contributed by atoms with Crippen molar-refractivity contribution < 1.29 is 4.39 Å². The monoisotopic (exact) mass is 210 g/mol. The van der Waals surface area contributed by atoms with E-state index in [0.29, 0.717) is 14.9 Å². The van der Waals surface area contributed by atoms with E-state index in [4.69, 9.17) is 23.2 Å². The van der Waals surface area contributed by atoms with E-state index in [-0.39, 0.29) is 5.82 Å². The van der Waals surface area contributed by atoms with Crippen LogP contribution in [0.5, 0.6) is 0 Å². The van der Waals surface area contributed by atoms with Gasteiger partial charge in [0.15, 0.2) is 0 Å². The molecule has 0 aromatic heterocycles. The van der Waals surface area contributed by atoms with Crippen LogP contribution in [0.25, 0.3) is 0 Å². The minimum atomic E-state index is -0.327. The number of thioether (sulfide) groups is 1. The predicted octanol–water partition coefficient (Wildman–Crippen LogP) is 3.85. The molecule has 0 aliphatic rings. The SMILES string of the molecule is CSc1c(F)ccc(Cl)c1Cl. The van der Waals surface area contributed by atoms with E-state index >= 15 is 0 Å². The van der Waals surface area contributed by atoms with Gasteiger partial charge >= 0.3 is 0 Å². The van der Waals surface area contributed by atoms with E-state index in [2.05, 4.69) is 0 Å². The lowest BCUT2D eigenvalue weighted by Gasteiger charge is -2.02. The van der Waals surface area contributed by atoms with Gasteiger partial charge in [-0.15, -0.1) is 11.8 Å². The van der Waals surface area contributed by atoms with Crippen LogP contribution in [0, 0.1) is 5.82 Å². The van der Waals surface area contributed by atoms with Gasteiger partial charge in [-0.25, -0.2) is 4.39 Å². The van der Waals surface area contributed by atoms with Gasteiger partial charge in [-0.05, 0) is 18.4 Å². The van der Waals surface area contributed by atoms with Gasteiger partial charge in [0.1, 0.15) is 5.82 Å². The molecule has 0 radical (unpaired) electrons. The lowest BCUT2D eigenvalue weighted by atomic mass is 10.3. The molecule has 0 heterocycles. The van der Waals surface area contributed by atoms with E-state index in [9.17, 15) is 4.39 Å². The first kappa shape index (κ1) is 9.17. The fourth-order valence-corrected chi connectivity index (χ4v) is 1.85. The van der Waals surface area contributed by atoms with Crippen LogP contribution in [-0.4, -0.2) is 6.26 Å². The summed E-state index contributed by atoms with van der Waals surface area (Å²) >= 11 is 12.6. The molecule has 0 amide bonds. The molecule has 0 saturated heterocycles. The van der Waals surface area contributed by atoms with E-state index in [0.717, 1.165) is 0 Å². The Morgan fingerprint density at radius 1 is 1.36 bits per heavy atom. The second-order valence-electron chi connectivity index (χ2n) is 1.88. The summed E-state index contributed by atoms with van der Waals surface area (Å²) in [6, 6.07) is 2.75. The van der Waals surface area contributed by atoms with Crippen LogP contribution < -0.4 is 0 Å². The Hall–Kier alpha value is 0.0800. The van der Waals surface area contributed by atoms with Crippen molar-refractivity contribution in [2.45, 2.75) is 4.90 Å². The van der Waals surface area contributed by atoms with Crippen LogP contribution in [0.2, 0.25) is 10.0 Å². The molecule has 0 nitrogen and oxygen atoms in total. The summed E-state index contributed by atoms with van der Waals surface area (Å²) in [6.07, 6.45) is 1.75. The van der Waals surface area contributed by atoms with E-state index < -0.39 is 0 Å². The quantitative estimate of drug-likeness (QED) is 0.502. The topological polar surface area (TPSA) is 0 Å². The Balaban J connectivity index is 3.29. The molecule has 0 bridgehead atoms. The molecule has 0 fully saturated rings. The maximum atomic E-state index is 12.9. The van der Waals surface area contributed by atoms with Gasteiger partial charge in [-0.2, -0.15) is 0 Å². The van der Waals surface area contributed by atoms with Gasteiger partial charge in [-0.1, -0.05) is 23.2 Å². The minimum Gasteiger partial charge on any atom is -0.206 e. The molecule has 0 saturated carbocycles. The van der Waals surface area contributed by atoms with Crippen molar-refractivity contribution in [1.29, 1.82) is 0 Å². The molecule has 0 aliphatic heterocycles. The molecule has 11 heavy (non-hydrogen) atoms. The summed E-state index contributed by atoms with van der Waals surface area (Å²) in [5, 5.41) is 0.677. The summed E-state index contributed by atoms with van der Waals surface area (Å²) in [4.78, 5) is 0.402. The molecular weight excluding hydrogens is 206 g/mol. The number of benzene rings is 1. The largest absolute Gasteiger partial charge is 0.206 e. The molecule has 0 aliphatic carbocycles. The fraction of sp³-hybridized carbons (Fsp3) is 0.143. The molecule has 0 N–H and O–H groups in total. The van der Waals surface area contributed by atoms with Crippen molar-refractivity contribution in [3.05, 3.63) is 28.0 Å². The molecule has 0 atom stereocenters. The lowest BCUT2D eigenvalue weighted by molar-refractivity contribution is 0.602. The molecule has 1 rings (SSSR count). The molecule has 1 aromatic rings. The summed E-state index contributed by atoms with van der Waals surface area (Å²) < 4.78 is 12.9. The van der Waals surface area contributed by atoms with Crippen LogP contribution >= 0.6 is 35.0 Å². The molecule has 0 spiro atoms. The van der Waals surface area contributed by atoms with Crippen LogP contribution in [0.15, 0.2) is 17.0 Å². The zero-order valence-electron chi connectivity index (χ0n) is 5.70. The number of halogens is 3. The average molecular weight is 211 g/mol. The Kier molecular flexibility index (Phi) is 3.05. The van der Waals surface area contributed by atoms with Crippen molar-refractivity contribution in [2.75, 3.05) is 6.26 Å². The van der Waals surface area contributed by atoms with Crippen molar-refractivity contribution >= 4 is 35.0 Å². The highest BCUT2D eigenvalue weighted by Gasteiger charge is 2.08. The standard InChI is InChI=1S/C7H5Cl2FS/c1-11-7-5(10)3-2-4(8)6(7)9/h2-3H,1H3. The Morgan fingerprint density at radius 3 is 2.45 bits per heavy atom. The highest BCUT2D eigenvalue weighted by atomic mass is 35.5. The van der Waals surface area contributed by atoms with Gasteiger partial charge < -0.3 is 0 Å². The van der Waals surface area contributed by atoms with Gasteiger partial charge in [0.05, 0.1) is 14.9 Å². The van der Waals surface area contributed by atoms with Gasteiger partial charge in [0.2, 0.25) is 0 Å². The highest BCUT2D eigenvalue weighted by Crippen LogP contribution is 2.33. The summed E-state index contributed by atoms with van der Waals surface area (Å²) in [6.45, 7) is 0. The first-order valence-electron chi connectivity index (χ1n) is 2.84. The summed E-state index contributed by atoms with van der Waals surface area (Å²) in [7, 11) is 0. The third-order valence-corrected chi connectivity index (χ3v) is 2.93. The van der Waals surface area contributed by atoms with Crippen molar-refractivity contribution in [2.24, 2.45) is 0 Å². The van der Waals surface area contributed by atoms with Gasteiger partial charge in [-0.3, -0.25) is 0 Å². The molecule has 4 heteroatoms. The minimum absolute atomic E-state index is 0.291. The molecule has 1 aromatic carbocycles. The lowest BCUT2D eigenvalue weighted by Crippen LogP contribution is -1.81. The number of rotatable bonds is 1. The molecule has 60 valence electrons. The van der Waals surface area contributed by atoms with Crippen molar-refractivity contribution in [3.8, 4) is 0 Å². The van der Waals surface area contributed by atoms with Crippen LogP contribution in [0.4, 0.5) is 4.39 Å². The number of hydrogen-bond acceptors (Lipinski definition) is 1.